The average Bonchev–Trinajstić information content (AvgIpc) is 2.95. The van der Waals surface area contributed by atoms with Gasteiger partial charge in [-0.3, -0.25) is 9.69 Å². The molecule has 1 N–H and O–H groups in total. The fourth-order valence-electron chi connectivity index (χ4n) is 2.94. The average molecular weight is 387 g/mol. The Hall–Kier alpha value is -2.37. The molecule has 0 radical (unpaired) electrons. The van der Waals surface area contributed by atoms with E-state index in [9.17, 15) is 4.79 Å². The van der Waals surface area contributed by atoms with Crippen molar-refractivity contribution < 1.29 is 9.53 Å². The molecule has 134 valence electrons. The van der Waals surface area contributed by atoms with Gasteiger partial charge in [-0.15, -0.1) is 11.6 Å². The summed E-state index contributed by atoms with van der Waals surface area (Å²) < 4.78 is 5.28. The molecule has 2 aromatic carbocycles. The van der Waals surface area contributed by atoms with Crippen molar-refractivity contribution in [3.63, 3.8) is 0 Å². The Labute approximate surface area is 163 Å². The Morgan fingerprint density at radius 3 is 2.65 bits per heavy atom. The monoisotopic (exact) mass is 386 g/mol. The summed E-state index contributed by atoms with van der Waals surface area (Å²) >= 11 is 11.4. The highest BCUT2D eigenvalue weighted by atomic mass is 35.5. The molecule has 1 aliphatic rings. The first-order chi connectivity index (χ1) is 12.5. The van der Waals surface area contributed by atoms with Crippen LogP contribution in [0.2, 0.25) is 0 Å². The summed E-state index contributed by atoms with van der Waals surface area (Å²) in [7, 11) is 1.60. The van der Waals surface area contributed by atoms with E-state index in [0.717, 1.165) is 22.4 Å². The van der Waals surface area contributed by atoms with E-state index >= 15 is 0 Å². The maximum absolute atomic E-state index is 12.9. The van der Waals surface area contributed by atoms with E-state index in [4.69, 9.17) is 28.6 Å². The third-order valence-corrected chi connectivity index (χ3v) is 4.93. The molecule has 1 saturated heterocycles. The molecule has 6 heteroatoms. The molecule has 3 rings (SSSR count). The Balaban J connectivity index is 1.88. The number of amides is 1. The van der Waals surface area contributed by atoms with Gasteiger partial charge >= 0.3 is 0 Å². The lowest BCUT2D eigenvalue weighted by Crippen LogP contribution is -2.33. The molecule has 1 aliphatic heterocycles. The van der Waals surface area contributed by atoms with E-state index in [1.54, 1.807) is 18.1 Å². The summed E-state index contributed by atoms with van der Waals surface area (Å²) in [6.45, 7) is 1.96. The number of halogens is 1. The molecule has 0 aromatic heterocycles. The van der Waals surface area contributed by atoms with Gasteiger partial charge in [0.25, 0.3) is 5.91 Å². The first-order valence-electron chi connectivity index (χ1n) is 8.19. The summed E-state index contributed by atoms with van der Waals surface area (Å²) in [6.07, 6.45) is 1.78. The van der Waals surface area contributed by atoms with Crippen molar-refractivity contribution in [1.29, 1.82) is 0 Å². The number of thiocarbonyl (C=S) groups is 1. The van der Waals surface area contributed by atoms with E-state index in [1.165, 1.54) is 0 Å². The summed E-state index contributed by atoms with van der Waals surface area (Å²) in [5.41, 5.74) is 3.20. The predicted octanol–water partition coefficient (Wildman–Crippen LogP) is 4.25. The van der Waals surface area contributed by atoms with Gasteiger partial charge in [0.05, 0.1) is 19.0 Å². The van der Waals surface area contributed by atoms with Gasteiger partial charge in [0.2, 0.25) is 0 Å². The van der Waals surface area contributed by atoms with Crippen LogP contribution in [0.15, 0.2) is 54.2 Å². The van der Waals surface area contributed by atoms with Crippen molar-refractivity contribution in [2.45, 2.75) is 18.8 Å². The van der Waals surface area contributed by atoms with Crippen LogP contribution in [0.1, 0.15) is 29.7 Å². The number of benzene rings is 2. The van der Waals surface area contributed by atoms with Gasteiger partial charge in [-0.25, -0.2) is 0 Å². The minimum absolute atomic E-state index is 0.144. The fourth-order valence-corrected chi connectivity index (χ4v) is 3.50. The molecular formula is C20H19ClN2O2S. The zero-order chi connectivity index (χ0) is 18.7. The largest absolute Gasteiger partial charge is 0.496 e. The van der Waals surface area contributed by atoms with Gasteiger partial charge in [-0.1, -0.05) is 36.4 Å². The van der Waals surface area contributed by atoms with Crippen LogP contribution in [-0.2, 0) is 10.7 Å². The number of methoxy groups -OCH3 is 1. The van der Waals surface area contributed by atoms with Crippen molar-refractivity contribution in [3.05, 3.63) is 70.9 Å². The number of hydrogen-bond donors (Lipinski definition) is 1. The first-order valence-corrected chi connectivity index (χ1v) is 9.13. The van der Waals surface area contributed by atoms with E-state index in [0.29, 0.717) is 16.7 Å². The highest BCUT2D eigenvalue weighted by molar-refractivity contribution is 7.80. The zero-order valence-electron chi connectivity index (χ0n) is 14.5. The maximum atomic E-state index is 12.9. The Morgan fingerprint density at radius 2 is 2.00 bits per heavy atom. The van der Waals surface area contributed by atoms with Gasteiger partial charge in [-0.2, -0.15) is 0 Å². The van der Waals surface area contributed by atoms with Crippen LogP contribution in [0.5, 0.6) is 5.75 Å². The second-order valence-corrected chi connectivity index (χ2v) is 6.61. The quantitative estimate of drug-likeness (QED) is 0.473. The third-order valence-electron chi connectivity index (χ3n) is 4.34. The number of alkyl halides is 1. The molecule has 0 aliphatic carbocycles. The van der Waals surface area contributed by atoms with Crippen LogP contribution in [-0.4, -0.2) is 23.0 Å². The molecule has 26 heavy (non-hydrogen) atoms. The Morgan fingerprint density at radius 1 is 1.27 bits per heavy atom. The number of hydrogen-bond acceptors (Lipinski definition) is 3. The SMILES string of the molecule is COc1ccc(/C=C2\NC(=S)N(C(C)c3ccccc3)C2=O)cc1CCl. The molecule has 4 nitrogen and oxygen atoms in total. The van der Waals surface area contributed by atoms with Crippen molar-refractivity contribution >= 4 is 40.9 Å². The number of nitrogens with one attached hydrogen (secondary N) is 1. The molecule has 1 heterocycles. The minimum atomic E-state index is -0.149. The lowest BCUT2D eigenvalue weighted by atomic mass is 10.1. The smallest absolute Gasteiger partial charge is 0.277 e. The molecule has 0 saturated carbocycles. The number of ether oxygens (including phenoxy) is 1. The number of rotatable bonds is 5. The molecule has 1 amide bonds. The van der Waals surface area contributed by atoms with Crippen LogP contribution in [0, 0.1) is 0 Å². The number of carbonyl (C=O) groups excluding carboxylic acids is 1. The molecule has 1 unspecified atom stereocenters. The zero-order valence-corrected chi connectivity index (χ0v) is 16.1. The molecule has 2 aromatic rings. The van der Waals surface area contributed by atoms with Gasteiger partial charge in [0.1, 0.15) is 11.4 Å². The summed E-state index contributed by atoms with van der Waals surface area (Å²) in [5, 5.41) is 3.43. The molecule has 0 spiro atoms. The molecule has 0 bridgehead atoms. The van der Waals surface area contributed by atoms with Crippen LogP contribution < -0.4 is 10.1 Å². The van der Waals surface area contributed by atoms with E-state index in [2.05, 4.69) is 5.32 Å². The van der Waals surface area contributed by atoms with Crippen LogP contribution >= 0.6 is 23.8 Å². The minimum Gasteiger partial charge on any atom is -0.496 e. The Kier molecular flexibility index (Phi) is 5.59. The molecule has 1 atom stereocenters. The molecular weight excluding hydrogens is 368 g/mol. The highest BCUT2D eigenvalue weighted by Crippen LogP contribution is 2.27. The third kappa shape index (κ3) is 3.59. The normalized spacial score (nSPS) is 16.7. The van der Waals surface area contributed by atoms with Crippen molar-refractivity contribution in [2.75, 3.05) is 7.11 Å². The van der Waals surface area contributed by atoms with Gasteiger partial charge in [0.15, 0.2) is 5.11 Å². The second kappa shape index (κ2) is 7.89. The van der Waals surface area contributed by atoms with Crippen LogP contribution in [0.3, 0.4) is 0 Å². The lowest BCUT2D eigenvalue weighted by molar-refractivity contribution is -0.123. The first kappa shape index (κ1) is 18.4. The fraction of sp³-hybridized carbons (Fsp3) is 0.200. The van der Waals surface area contributed by atoms with Crippen LogP contribution in [0.25, 0.3) is 6.08 Å². The number of carbonyl (C=O) groups is 1. The summed E-state index contributed by atoms with van der Waals surface area (Å²) in [4.78, 5) is 14.5. The molecule has 1 fully saturated rings. The Bertz CT molecular complexity index is 867. The van der Waals surface area contributed by atoms with Crippen molar-refractivity contribution in [1.82, 2.24) is 10.2 Å². The van der Waals surface area contributed by atoms with E-state index in [1.807, 2.05) is 55.5 Å². The van der Waals surface area contributed by atoms with Crippen molar-refractivity contribution in [3.8, 4) is 5.75 Å². The van der Waals surface area contributed by atoms with Crippen LogP contribution in [0.4, 0.5) is 0 Å². The van der Waals surface area contributed by atoms with E-state index in [-0.39, 0.29) is 11.9 Å². The predicted molar refractivity (Wildman–Crippen MR) is 108 cm³/mol. The van der Waals surface area contributed by atoms with Gasteiger partial charge in [0, 0.05) is 5.56 Å². The summed E-state index contributed by atoms with van der Waals surface area (Å²) in [5.74, 6) is 0.911. The van der Waals surface area contributed by atoms with Crippen molar-refractivity contribution in [2.24, 2.45) is 0 Å². The highest BCUT2D eigenvalue weighted by Gasteiger charge is 2.34. The topological polar surface area (TPSA) is 41.6 Å². The van der Waals surface area contributed by atoms with E-state index < -0.39 is 0 Å². The van der Waals surface area contributed by atoms with Gasteiger partial charge < -0.3 is 10.1 Å². The standard InChI is InChI=1S/C20H19ClN2O2S/c1-13(15-6-4-3-5-7-15)23-19(24)17(22-20(23)26)11-14-8-9-18(25-2)16(10-14)12-21/h3-11,13H,12H2,1-2H3,(H,22,26)/b17-11-. The number of nitrogens with zero attached hydrogens (tertiary/aromatic N) is 1. The lowest BCUT2D eigenvalue weighted by Gasteiger charge is -2.23. The summed E-state index contributed by atoms with van der Waals surface area (Å²) in [6, 6.07) is 15.3. The maximum Gasteiger partial charge on any atom is 0.277 e. The second-order valence-electron chi connectivity index (χ2n) is 5.95. The van der Waals surface area contributed by atoms with Gasteiger partial charge in [-0.05, 0) is 48.5 Å².